The smallest absolute Gasteiger partial charge is 0.484 e. The van der Waals surface area contributed by atoms with Gasteiger partial charge >= 0.3 is 12.1 Å². The molecule has 2 aliphatic rings. The lowest BCUT2D eigenvalue weighted by Crippen LogP contribution is -2.42. The quantitative estimate of drug-likeness (QED) is 0.314. The van der Waals surface area contributed by atoms with E-state index in [0.717, 1.165) is 64.3 Å². The summed E-state index contributed by atoms with van der Waals surface area (Å²) in [6.07, 6.45) is 5.21. The first-order valence-electron chi connectivity index (χ1n) is 14.8. The third kappa shape index (κ3) is 8.53. The van der Waals surface area contributed by atoms with Crippen LogP contribution in [0.1, 0.15) is 45.4 Å². The molecule has 240 valence electrons. The summed E-state index contributed by atoms with van der Waals surface area (Å²) in [4.78, 5) is 28.4. The molecule has 4 heterocycles. The number of nitrogens with zero attached hydrogens (tertiary/aromatic N) is 3. The van der Waals surface area contributed by atoms with Gasteiger partial charge in [-0.2, -0.15) is 13.2 Å². The zero-order valence-corrected chi connectivity index (χ0v) is 24.5. The van der Waals surface area contributed by atoms with Gasteiger partial charge in [-0.15, -0.1) is 0 Å². The van der Waals surface area contributed by atoms with Crippen molar-refractivity contribution in [1.29, 1.82) is 0 Å². The van der Waals surface area contributed by atoms with Gasteiger partial charge < -0.3 is 24.6 Å². The molecule has 44 heavy (non-hydrogen) atoms. The van der Waals surface area contributed by atoms with E-state index in [1.807, 2.05) is 0 Å². The number of alkyl halides is 3. The zero-order valence-electron chi connectivity index (χ0n) is 24.5. The van der Waals surface area contributed by atoms with Crippen LogP contribution in [0.5, 0.6) is 5.75 Å². The third-order valence-electron chi connectivity index (χ3n) is 7.99. The maximum Gasteiger partial charge on any atom is 0.490 e. The first-order chi connectivity index (χ1) is 21.0. The van der Waals surface area contributed by atoms with Crippen LogP contribution in [0.4, 0.5) is 22.0 Å². The van der Waals surface area contributed by atoms with E-state index in [4.69, 9.17) is 14.6 Å². The largest absolute Gasteiger partial charge is 0.490 e. The second-order valence-electron chi connectivity index (χ2n) is 11.2. The Labute approximate surface area is 251 Å². The van der Waals surface area contributed by atoms with Gasteiger partial charge in [0.1, 0.15) is 6.10 Å². The molecule has 2 aliphatic heterocycles. The molecule has 0 atom stereocenters. The van der Waals surface area contributed by atoms with Crippen LogP contribution in [-0.4, -0.2) is 70.5 Å². The molecule has 0 aliphatic carbocycles. The molecule has 0 spiro atoms. The van der Waals surface area contributed by atoms with Gasteiger partial charge in [0.25, 0.3) is 5.56 Å². The number of fused-ring (bicyclic) bond motifs is 1. The first kappa shape index (κ1) is 33.3. The molecule has 13 heteroatoms. The van der Waals surface area contributed by atoms with Crippen LogP contribution in [0.3, 0.4) is 0 Å². The number of carboxylic acid groups (broad SMARTS) is 1. The van der Waals surface area contributed by atoms with E-state index in [-0.39, 0.29) is 17.4 Å². The van der Waals surface area contributed by atoms with E-state index in [2.05, 4.69) is 22.1 Å². The number of likely N-dealkylation sites (tertiary alicyclic amines) is 1. The number of carboxylic acids is 1. The van der Waals surface area contributed by atoms with Gasteiger partial charge in [-0.1, -0.05) is 13.3 Å². The van der Waals surface area contributed by atoms with Crippen LogP contribution in [0.15, 0.2) is 41.6 Å². The Kier molecular flexibility index (Phi) is 11.3. The van der Waals surface area contributed by atoms with Gasteiger partial charge in [0.2, 0.25) is 0 Å². The predicted molar refractivity (Wildman–Crippen MR) is 156 cm³/mol. The first-order valence-corrected chi connectivity index (χ1v) is 14.8. The van der Waals surface area contributed by atoms with E-state index >= 15 is 8.78 Å². The molecule has 2 aromatic heterocycles. The molecule has 2 fully saturated rings. The number of aromatic nitrogens is 2. The lowest BCUT2D eigenvalue weighted by molar-refractivity contribution is -0.192. The van der Waals surface area contributed by atoms with Crippen molar-refractivity contribution in [2.45, 2.75) is 64.3 Å². The summed E-state index contributed by atoms with van der Waals surface area (Å²) in [6.45, 7) is 7.63. The number of piperidine rings is 2. The van der Waals surface area contributed by atoms with Crippen LogP contribution in [0, 0.1) is 17.6 Å². The fourth-order valence-corrected chi connectivity index (χ4v) is 5.60. The number of unbranched alkanes of at least 4 members (excludes halogenated alkanes) is 1. The number of ether oxygens (including phenoxy) is 1. The second-order valence-corrected chi connectivity index (χ2v) is 11.2. The topological polar surface area (TPSA) is 96.7 Å². The van der Waals surface area contributed by atoms with Crippen LogP contribution in [0.25, 0.3) is 21.9 Å². The molecule has 8 nitrogen and oxygen atoms in total. The summed E-state index contributed by atoms with van der Waals surface area (Å²) < 4.78 is 69.7. The number of nitrogens with one attached hydrogen (secondary N) is 1. The van der Waals surface area contributed by atoms with Crippen LogP contribution >= 0.6 is 0 Å². The third-order valence-corrected chi connectivity index (χ3v) is 7.99. The zero-order chi connectivity index (χ0) is 31.9. The molecule has 2 saturated heterocycles. The Morgan fingerprint density at radius 2 is 1.73 bits per heavy atom. The molecule has 0 radical (unpaired) electrons. The summed E-state index contributed by atoms with van der Waals surface area (Å²) in [7, 11) is 0. The molecule has 0 saturated carbocycles. The fraction of sp³-hybridized carbons (Fsp3) is 0.516. The van der Waals surface area contributed by atoms with E-state index in [1.54, 1.807) is 23.0 Å². The second kappa shape index (κ2) is 14.9. The van der Waals surface area contributed by atoms with E-state index < -0.39 is 23.8 Å². The highest BCUT2D eigenvalue weighted by atomic mass is 19.4. The summed E-state index contributed by atoms with van der Waals surface area (Å²) in [5.74, 6) is -3.79. The van der Waals surface area contributed by atoms with Gasteiger partial charge in [0, 0.05) is 50.3 Å². The number of aliphatic carboxylic acids is 1. The van der Waals surface area contributed by atoms with Gasteiger partial charge in [0.15, 0.2) is 17.4 Å². The van der Waals surface area contributed by atoms with Gasteiger partial charge in [-0.25, -0.2) is 13.6 Å². The Hall–Kier alpha value is -3.58. The summed E-state index contributed by atoms with van der Waals surface area (Å²) in [6, 6.07) is 4.34. The Bertz CT molecular complexity index is 1460. The normalized spacial score (nSPS) is 16.9. The number of aryl methyl sites for hydroxylation is 1. The van der Waals surface area contributed by atoms with Gasteiger partial charge in [-0.05, 0) is 80.3 Å². The Morgan fingerprint density at radius 1 is 1.09 bits per heavy atom. The lowest BCUT2D eigenvalue weighted by atomic mass is 9.96. The molecule has 0 amide bonds. The fourth-order valence-electron chi connectivity index (χ4n) is 5.60. The summed E-state index contributed by atoms with van der Waals surface area (Å²) >= 11 is 0. The SMILES string of the molecule is CCCCn1cc(-c2cc(F)c(OC3CCN(CC4CCNCC4)CC3)c(F)c2)c2ccncc2c1=O.O=C(O)C(F)(F)F. The maximum absolute atomic E-state index is 15.3. The Balaban J connectivity index is 0.000000566. The molecule has 1 aromatic carbocycles. The van der Waals surface area contributed by atoms with Gasteiger partial charge in [0.05, 0.1) is 5.39 Å². The molecular formula is C31H37F5N4O4. The van der Waals surface area contributed by atoms with E-state index in [9.17, 15) is 18.0 Å². The molecular weight excluding hydrogens is 587 g/mol. The number of hydrogen-bond acceptors (Lipinski definition) is 6. The monoisotopic (exact) mass is 624 g/mol. The van der Waals surface area contributed by atoms with E-state index in [0.29, 0.717) is 28.4 Å². The van der Waals surface area contributed by atoms with Crippen molar-refractivity contribution in [3.63, 3.8) is 0 Å². The molecule has 2 N–H and O–H groups in total. The minimum Gasteiger partial charge on any atom is -0.484 e. The van der Waals surface area contributed by atoms with Crippen molar-refractivity contribution >= 4 is 16.7 Å². The maximum atomic E-state index is 15.3. The highest BCUT2D eigenvalue weighted by Crippen LogP contribution is 2.33. The summed E-state index contributed by atoms with van der Waals surface area (Å²) in [5, 5.41) is 11.6. The lowest BCUT2D eigenvalue weighted by Gasteiger charge is -2.35. The molecule has 0 unspecified atom stereocenters. The van der Waals surface area contributed by atoms with Crippen molar-refractivity contribution in [3.8, 4) is 16.9 Å². The van der Waals surface area contributed by atoms with Crippen molar-refractivity contribution < 1.29 is 36.6 Å². The Morgan fingerprint density at radius 3 is 2.32 bits per heavy atom. The molecule has 3 aromatic rings. The van der Waals surface area contributed by atoms with Crippen LogP contribution in [-0.2, 0) is 11.3 Å². The standard InChI is InChI=1S/C29H36F2N4O2.C2HF3O2/c1-2-3-12-35-19-25(23-6-11-33-17-24(23)29(35)36)21-15-26(30)28(27(31)16-21)37-22-7-13-34(14-8-22)18-20-4-9-32-10-5-20;3-2(4,5)1(6)7/h6,11,15-17,19-20,22,32H,2-5,7-10,12-14,18H2,1H3;(H,6,7). The number of halogens is 5. The minimum absolute atomic E-state index is 0.146. The van der Waals surface area contributed by atoms with Crippen molar-refractivity contribution in [2.24, 2.45) is 5.92 Å². The average Bonchev–Trinajstić information content (AvgIpc) is 3.00. The van der Waals surface area contributed by atoms with Crippen LogP contribution in [0.2, 0.25) is 0 Å². The number of benzene rings is 1. The van der Waals surface area contributed by atoms with Crippen molar-refractivity contribution in [1.82, 2.24) is 19.8 Å². The average molecular weight is 625 g/mol. The molecule has 5 rings (SSSR count). The predicted octanol–water partition coefficient (Wildman–Crippen LogP) is 5.62. The minimum atomic E-state index is -5.08. The van der Waals surface area contributed by atoms with Crippen molar-refractivity contribution in [3.05, 3.63) is 58.8 Å². The summed E-state index contributed by atoms with van der Waals surface area (Å²) in [5.41, 5.74) is 0.831. The van der Waals surface area contributed by atoms with Crippen molar-refractivity contribution in [2.75, 3.05) is 32.7 Å². The number of carbonyl (C=O) groups is 1. The number of rotatable bonds is 8. The van der Waals surface area contributed by atoms with Gasteiger partial charge in [-0.3, -0.25) is 9.78 Å². The molecule has 0 bridgehead atoms. The highest BCUT2D eigenvalue weighted by molar-refractivity contribution is 5.95. The van der Waals surface area contributed by atoms with E-state index in [1.165, 1.54) is 31.2 Å². The number of hydrogen-bond donors (Lipinski definition) is 2. The number of pyridine rings is 2. The highest BCUT2D eigenvalue weighted by Gasteiger charge is 2.38. The van der Waals surface area contributed by atoms with Crippen LogP contribution < -0.4 is 15.6 Å².